The number of aliphatic hydroxyl groups excluding tert-OH is 1. The zero-order valence-corrected chi connectivity index (χ0v) is 10.7. The third kappa shape index (κ3) is 2.10. The fraction of sp³-hybridized carbons (Fsp3) is 0.308. The largest absolute Gasteiger partial charge is 0.390 e. The molecule has 98 valence electrons. The SMILES string of the molecule is CCn1nc(Cn2cc(CO)nn2)c2ccccc21. The molecule has 3 aromatic rings. The van der Waals surface area contributed by atoms with Crippen LogP contribution < -0.4 is 0 Å². The zero-order chi connectivity index (χ0) is 13.2. The number of fused-ring (bicyclic) bond motifs is 1. The maximum Gasteiger partial charge on any atom is 0.108 e. The lowest BCUT2D eigenvalue weighted by molar-refractivity contribution is 0.276. The molecule has 0 atom stereocenters. The van der Waals surface area contributed by atoms with Crippen LogP contribution in [0.25, 0.3) is 10.9 Å². The molecule has 1 aromatic carbocycles. The van der Waals surface area contributed by atoms with Gasteiger partial charge < -0.3 is 5.11 Å². The van der Waals surface area contributed by atoms with Crippen molar-refractivity contribution in [2.24, 2.45) is 0 Å². The van der Waals surface area contributed by atoms with Gasteiger partial charge >= 0.3 is 0 Å². The first kappa shape index (κ1) is 11.9. The van der Waals surface area contributed by atoms with E-state index in [1.807, 2.05) is 16.8 Å². The summed E-state index contributed by atoms with van der Waals surface area (Å²) in [6.07, 6.45) is 1.74. The molecule has 0 saturated heterocycles. The van der Waals surface area contributed by atoms with Gasteiger partial charge in [-0.15, -0.1) is 5.10 Å². The van der Waals surface area contributed by atoms with Crippen LogP contribution in [-0.4, -0.2) is 29.9 Å². The van der Waals surface area contributed by atoms with Crippen LogP contribution in [0.4, 0.5) is 0 Å². The van der Waals surface area contributed by atoms with E-state index < -0.39 is 0 Å². The third-order valence-electron chi connectivity index (χ3n) is 3.09. The monoisotopic (exact) mass is 257 g/mol. The molecule has 2 aromatic heterocycles. The average Bonchev–Trinajstić information content (AvgIpc) is 3.04. The van der Waals surface area contributed by atoms with Crippen LogP contribution in [-0.2, 0) is 19.7 Å². The van der Waals surface area contributed by atoms with E-state index in [1.165, 1.54) is 0 Å². The highest BCUT2D eigenvalue weighted by molar-refractivity contribution is 5.81. The van der Waals surface area contributed by atoms with Crippen LogP contribution in [0.3, 0.4) is 0 Å². The van der Waals surface area contributed by atoms with Crippen LogP contribution in [0.1, 0.15) is 18.3 Å². The number of aryl methyl sites for hydroxylation is 1. The minimum Gasteiger partial charge on any atom is -0.390 e. The minimum atomic E-state index is -0.0931. The molecule has 0 bridgehead atoms. The van der Waals surface area contributed by atoms with E-state index in [1.54, 1.807) is 10.9 Å². The number of aliphatic hydroxyl groups is 1. The number of nitrogens with zero attached hydrogens (tertiary/aromatic N) is 5. The van der Waals surface area contributed by atoms with Crippen molar-refractivity contribution in [3.63, 3.8) is 0 Å². The van der Waals surface area contributed by atoms with Gasteiger partial charge in [-0.2, -0.15) is 5.10 Å². The Balaban J connectivity index is 2.00. The third-order valence-corrected chi connectivity index (χ3v) is 3.09. The molecule has 0 unspecified atom stereocenters. The lowest BCUT2D eigenvalue weighted by Gasteiger charge is -1.96. The predicted octanol–water partition coefficient (Wildman–Crippen LogP) is 1.19. The molecular formula is C13H15N5O. The average molecular weight is 257 g/mol. The topological polar surface area (TPSA) is 68.8 Å². The Bertz CT molecular complexity index is 700. The van der Waals surface area contributed by atoms with Crippen molar-refractivity contribution in [1.82, 2.24) is 24.8 Å². The molecule has 0 aliphatic heterocycles. The normalized spacial score (nSPS) is 11.3. The van der Waals surface area contributed by atoms with Gasteiger partial charge in [-0.1, -0.05) is 23.4 Å². The Morgan fingerprint density at radius 1 is 1.26 bits per heavy atom. The lowest BCUT2D eigenvalue weighted by atomic mass is 10.2. The van der Waals surface area contributed by atoms with Gasteiger partial charge in [0.15, 0.2) is 0 Å². The molecule has 0 fully saturated rings. The van der Waals surface area contributed by atoms with Crippen molar-refractivity contribution in [2.45, 2.75) is 26.6 Å². The van der Waals surface area contributed by atoms with Crippen molar-refractivity contribution in [3.05, 3.63) is 41.9 Å². The summed E-state index contributed by atoms with van der Waals surface area (Å²) in [5, 5.41) is 22.6. The molecule has 2 heterocycles. The highest BCUT2D eigenvalue weighted by atomic mass is 16.3. The van der Waals surface area contributed by atoms with Gasteiger partial charge in [-0.05, 0) is 13.0 Å². The summed E-state index contributed by atoms with van der Waals surface area (Å²) < 4.78 is 3.68. The van der Waals surface area contributed by atoms with Crippen molar-refractivity contribution < 1.29 is 5.11 Å². The molecule has 0 saturated carbocycles. The smallest absolute Gasteiger partial charge is 0.108 e. The second-order valence-corrected chi connectivity index (χ2v) is 4.35. The molecule has 0 amide bonds. The Hall–Kier alpha value is -2.21. The maximum absolute atomic E-state index is 9.00. The van der Waals surface area contributed by atoms with E-state index in [-0.39, 0.29) is 6.61 Å². The fourth-order valence-corrected chi connectivity index (χ4v) is 2.20. The number of benzene rings is 1. The molecule has 0 radical (unpaired) electrons. The lowest BCUT2D eigenvalue weighted by Crippen LogP contribution is -2.03. The summed E-state index contributed by atoms with van der Waals surface area (Å²) in [6, 6.07) is 8.15. The second-order valence-electron chi connectivity index (χ2n) is 4.35. The summed E-state index contributed by atoms with van der Waals surface area (Å²) in [7, 11) is 0. The fourth-order valence-electron chi connectivity index (χ4n) is 2.20. The number of hydrogen-bond acceptors (Lipinski definition) is 4. The van der Waals surface area contributed by atoms with E-state index in [4.69, 9.17) is 5.11 Å². The van der Waals surface area contributed by atoms with Crippen LogP contribution in [0, 0.1) is 0 Å². The van der Waals surface area contributed by atoms with Crippen molar-refractivity contribution in [1.29, 1.82) is 0 Å². The first-order chi connectivity index (χ1) is 9.31. The molecule has 1 N–H and O–H groups in total. The molecule has 0 spiro atoms. The molecule has 6 nitrogen and oxygen atoms in total. The molecular weight excluding hydrogens is 242 g/mol. The minimum absolute atomic E-state index is 0.0931. The quantitative estimate of drug-likeness (QED) is 0.762. The van der Waals surface area contributed by atoms with Crippen molar-refractivity contribution >= 4 is 10.9 Å². The molecule has 0 aliphatic rings. The van der Waals surface area contributed by atoms with Gasteiger partial charge in [0.05, 0.1) is 30.6 Å². The Morgan fingerprint density at radius 3 is 2.84 bits per heavy atom. The summed E-state index contributed by atoms with van der Waals surface area (Å²) in [6.45, 7) is 3.37. The first-order valence-electron chi connectivity index (χ1n) is 6.26. The molecule has 3 rings (SSSR count). The Morgan fingerprint density at radius 2 is 2.11 bits per heavy atom. The molecule has 19 heavy (non-hydrogen) atoms. The number of aromatic nitrogens is 5. The van der Waals surface area contributed by atoms with Gasteiger partial charge in [-0.3, -0.25) is 4.68 Å². The van der Waals surface area contributed by atoms with E-state index in [2.05, 4.69) is 34.5 Å². The van der Waals surface area contributed by atoms with Gasteiger partial charge in [-0.25, -0.2) is 4.68 Å². The molecule has 0 aliphatic carbocycles. The van der Waals surface area contributed by atoms with E-state index in [0.29, 0.717) is 12.2 Å². The summed E-state index contributed by atoms with van der Waals surface area (Å²) in [4.78, 5) is 0. The van der Waals surface area contributed by atoms with E-state index >= 15 is 0 Å². The Labute approximate surface area is 110 Å². The van der Waals surface area contributed by atoms with Crippen LogP contribution >= 0.6 is 0 Å². The first-order valence-corrected chi connectivity index (χ1v) is 6.26. The van der Waals surface area contributed by atoms with Crippen LogP contribution in [0.2, 0.25) is 0 Å². The number of rotatable bonds is 4. The summed E-state index contributed by atoms with van der Waals surface area (Å²) in [5.74, 6) is 0. The van der Waals surface area contributed by atoms with Gasteiger partial charge in [0.25, 0.3) is 0 Å². The summed E-state index contributed by atoms with van der Waals surface area (Å²) in [5.41, 5.74) is 2.66. The number of hydrogen-bond donors (Lipinski definition) is 1. The van der Waals surface area contributed by atoms with Crippen LogP contribution in [0.5, 0.6) is 0 Å². The summed E-state index contributed by atoms with van der Waals surface area (Å²) >= 11 is 0. The molecule has 6 heteroatoms. The van der Waals surface area contributed by atoms with Crippen LogP contribution in [0.15, 0.2) is 30.5 Å². The maximum atomic E-state index is 9.00. The zero-order valence-electron chi connectivity index (χ0n) is 10.7. The van der Waals surface area contributed by atoms with Gasteiger partial charge in [0.2, 0.25) is 0 Å². The van der Waals surface area contributed by atoms with E-state index in [0.717, 1.165) is 23.1 Å². The van der Waals surface area contributed by atoms with Gasteiger partial charge in [0.1, 0.15) is 5.69 Å². The van der Waals surface area contributed by atoms with Crippen molar-refractivity contribution in [2.75, 3.05) is 0 Å². The van der Waals surface area contributed by atoms with Crippen molar-refractivity contribution in [3.8, 4) is 0 Å². The number of para-hydroxylation sites is 1. The standard InChI is InChI=1S/C13H15N5O/c1-2-18-13-6-4-3-5-11(13)12(15-18)8-17-7-10(9-19)14-16-17/h3-7,19H,2,8-9H2,1H3. The highest BCUT2D eigenvalue weighted by Gasteiger charge is 2.10. The highest BCUT2D eigenvalue weighted by Crippen LogP contribution is 2.19. The predicted molar refractivity (Wildman–Crippen MR) is 70.5 cm³/mol. The van der Waals surface area contributed by atoms with Gasteiger partial charge in [0, 0.05) is 11.9 Å². The second kappa shape index (κ2) is 4.81. The van der Waals surface area contributed by atoms with E-state index in [9.17, 15) is 0 Å². The Kier molecular flexibility index (Phi) is 3.00.